The van der Waals surface area contributed by atoms with Gasteiger partial charge in [-0.3, -0.25) is 4.99 Å². The smallest absolute Gasteiger partial charge is 0.0937 e. The molecule has 0 aromatic rings. The summed E-state index contributed by atoms with van der Waals surface area (Å²) in [5.74, 6) is 2.42. The molecule has 2 heteroatoms. The number of hydrogen-bond acceptors (Lipinski definition) is 1. The Morgan fingerprint density at radius 3 is 2.62 bits per heavy atom. The molecule has 0 saturated heterocycles. The largest absolute Gasteiger partial charge is 0.387 e. The zero-order valence-electron chi connectivity index (χ0n) is 9.09. The molecule has 1 rings (SSSR count). The second kappa shape index (κ2) is 4.64. The fourth-order valence-corrected chi connectivity index (χ4v) is 2.15. The first kappa shape index (κ1) is 10.6. The summed E-state index contributed by atoms with van der Waals surface area (Å²) in [6.07, 6.45) is 4.74. The third-order valence-corrected chi connectivity index (χ3v) is 3.08. The van der Waals surface area contributed by atoms with Crippen LogP contribution in [0.4, 0.5) is 0 Å². The molecule has 0 heterocycles. The molecule has 3 atom stereocenters. The van der Waals surface area contributed by atoms with E-state index in [9.17, 15) is 0 Å². The maximum atomic E-state index is 5.75. The van der Waals surface area contributed by atoms with Crippen molar-refractivity contribution >= 4 is 5.84 Å². The highest BCUT2D eigenvalue weighted by Gasteiger charge is 2.24. The van der Waals surface area contributed by atoms with Gasteiger partial charge in [0, 0.05) is 6.42 Å². The van der Waals surface area contributed by atoms with Crippen molar-refractivity contribution in [3.8, 4) is 0 Å². The van der Waals surface area contributed by atoms with Crippen LogP contribution in [0.2, 0.25) is 0 Å². The van der Waals surface area contributed by atoms with E-state index in [1.807, 2.05) is 0 Å². The minimum Gasteiger partial charge on any atom is -0.387 e. The summed E-state index contributed by atoms with van der Waals surface area (Å²) in [6.45, 7) is 6.70. The van der Waals surface area contributed by atoms with E-state index < -0.39 is 0 Å². The van der Waals surface area contributed by atoms with Crippen LogP contribution < -0.4 is 5.73 Å². The molecule has 1 saturated carbocycles. The van der Waals surface area contributed by atoms with Crippen LogP contribution in [0.15, 0.2) is 4.99 Å². The Labute approximate surface area is 81.6 Å². The molecule has 0 bridgehead atoms. The van der Waals surface area contributed by atoms with Crippen molar-refractivity contribution in [2.24, 2.45) is 22.6 Å². The first-order chi connectivity index (χ1) is 6.13. The minimum atomic E-state index is 0.496. The van der Waals surface area contributed by atoms with E-state index in [0.717, 1.165) is 18.2 Å². The van der Waals surface area contributed by atoms with Crippen molar-refractivity contribution in [3.63, 3.8) is 0 Å². The van der Waals surface area contributed by atoms with E-state index in [0.29, 0.717) is 12.0 Å². The van der Waals surface area contributed by atoms with Gasteiger partial charge in [0.25, 0.3) is 0 Å². The van der Waals surface area contributed by atoms with Gasteiger partial charge >= 0.3 is 0 Å². The molecule has 1 fully saturated rings. The van der Waals surface area contributed by atoms with E-state index >= 15 is 0 Å². The normalized spacial score (nSPS) is 36.2. The number of nitrogens with zero attached hydrogens (tertiary/aromatic N) is 1. The van der Waals surface area contributed by atoms with Gasteiger partial charge in [0.1, 0.15) is 0 Å². The van der Waals surface area contributed by atoms with E-state index in [4.69, 9.17) is 5.73 Å². The topological polar surface area (TPSA) is 38.4 Å². The van der Waals surface area contributed by atoms with Crippen LogP contribution in [-0.2, 0) is 0 Å². The van der Waals surface area contributed by atoms with Gasteiger partial charge in [-0.15, -0.1) is 0 Å². The maximum absolute atomic E-state index is 5.75. The molecule has 0 aromatic heterocycles. The van der Waals surface area contributed by atoms with E-state index in [2.05, 4.69) is 25.8 Å². The summed E-state index contributed by atoms with van der Waals surface area (Å²) in [5.41, 5.74) is 5.75. The Kier molecular flexibility index (Phi) is 3.76. The van der Waals surface area contributed by atoms with Gasteiger partial charge in [-0.05, 0) is 31.1 Å². The van der Waals surface area contributed by atoms with Gasteiger partial charge in [-0.25, -0.2) is 0 Å². The highest BCUT2D eigenvalue weighted by atomic mass is 14.9. The Hall–Kier alpha value is -0.530. The first-order valence-corrected chi connectivity index (χ1v) is 5.45. The zero-order chi connectivity index (χ0) is 9.84. The first-order valence-electron chi connectivity index (χ1n) is 5.45. The second-order valence-electron chi connectivity index (χ2n) is 4.44. The SMILES string of the molecule is CCC(N)=NC1CCC(C)CC1C. The van der Waals surface area contributed by atoms with Crippen LogP contribution in [0.25, 0.3) is 0 Å². The monoisotopic (exact) mass is 182 g/mol. The molecule has 0 aromatic carbocycles. The lowest BCUT2D eigenvalue weighted by atomic mass is 9.80. The van der Waals surface area contributed by atoms with Crippen molar-refractivity contribution in [3.05, 3.63) is 0 Å². The van der Waals surface area contributed by atoms with E-state index in [-0.39, 0.29) is 0 Å². The predicted octanol–water partition coefficient (Wildman–Crippen LogP) is 2.58. The molecule has 3 unspecified atom stereocenters. The Bertz CT molecular complexity index is 187. The predicted molar refractivity (Wildman–Crippen MR) is 57.9 cm³/mol. The van der Waals surface area contributed by atoms with Gasteiger partial charge < -0.3 is 5.73 Å². The number of nitrogens with two attached hydrogens (primary N) is 1. The molecular formula is C11H22N2. The number of hydrogen-bond donors (Lipinski definition) is 1. The molecule has 0 radical (unpaired) electrons. The van der Waals surface area contributed by atoms with Crippen molar-refractivity contribution in [1.29, 1.82) is 0 Å². The Morgan fingerprint density at radius 1 is 1.38 bits per heavy atom. The third-order valence-electron chi connectivity index (χ3n) is 3.08. The molecule has 0 spiro atoms. The van der Waals surface area contributed by atoms with Crippen LogP contribution in [0.1, 0.15) is 46.5 Å². The fraction of sp³-hybridized carbons (Fsp3) is 0.909. The van der Waals surface area contributed by atoms with Crippen LogP contribution >= 0.6 is 0 Å². The van der Waals surface area contributed by atoms with Crippen molar-refractivity contribution in [2.45, 2.75) is 52.5 Å². The molecular weight excluding hydrogens is 160 g/mol. The summed E-state index contributed by atoms with van der Waals surface area (Å²) in [4.78, 5) is 4.56. The van der Waals surface area contributed by atoms with Gasteiger partial charge in [0.05, 0.1) is 11.9 Å². The molecule has 2 nitrogen and oxygen atoms in total. The fourth-order valence-electron chi connectivity index (χ4n) is 2.15. The van der Waals surface area contributed by atoms with Crippen molar-refractivity contribution < 1.29 is 0 Å². The maximum Gasteiger partial charge on any atom is 0.0937 e. The summed E-state index contributed by atoms with van der Waals surface area (Å²) < 4.78 is 0. The molecule has 0 aliphatic heterocycles. The lowest BCUT2D eigenvalue weighted by molar-refractivity contribution is 0.264. The van der Waals surface area contributed by atoms with E-state index in [1.54, 1.807) is 0 Å². The van der Waals surface area contributed by atoms with Gasteiger partial charge in [0.2, 0.25) is 0 Å². The molecule has 1 aliphatic carbocycles. The lowest BCUT2D eigenvalue weighted by Crippen LogP contribution is -2.27. The minimum absolute atomic E-state index is 0.496. The second-order valence-corrected chi connectivity index (χ2v) is 4.44. The third kappa shape index (κ3) is 3.02. The summed E-state index contributed by atoms with van der Waals surface area (Å²) >= 11 is 0. The quantitative estimate of drug-likeness (QED) is 0.517. The van der Waals surface area contributed by atoms with Gasteiger partial charge in [-0.1, -0.05) is 20.8 Å². The van der Waals surface area contributed by atoms with Crippen molar-refractivity contribution in [2.75, 3.05) is 0 Å². The van der Waals surface area contributed by atoms with Crippen molar-refractivity contribution in [1.82, 2.24) is 0 Å². The summed E-state index contributed by atoms with van der Waals surface area (Å²) in [5, 5.41) is 0. The van der Waals surface area contributed by atoms with Gasteiger partial charge in [0.15, 0.2) is 0 Å². The summed E-state index contributed by atoms with van der Waals surface area (Å²) in [6, 6.07) is 0.496. The zero-order valence-corrected chi connectivity index (χ0v) is 9.09. The number of rotatable bonds is 2. The molecule has 13 heavy (non-hydrogen) atoms. The highest BCUT2D eigenvalue weighted by Crippen LogP contribution is 2.30. The van der Waals surface area contributed by atoms with Crippen LogP contribution in [-0.4, -0.2) is 11.9 Å². The van der Waals surface area contributed by atoms with Crippen LogP contribution in [0.3, 0.4) is 0 Å². The lowest BCUT2D eigenvalue weighted by Gasteiger charge is -2.30. The average molecular weight is 182 g/mol. The molecule has 2 N–H and O–H groups in total. The standard InChI is InChI=1S/C11H22N2/c1-4-11(12)13-10-6-5-8(2)7-9(10)3/h8-10H,4-7H2,1-3H3,(H2,12,13). The molecule has 76 valence electrons. The van der Waals surface area contributed by atoms with Crippen LogP contribution in [0.5, 0.6) is 0 Å². The Balaban J connectivity index is 2.51. The number of aliphatic imine (C=N–C) groups is 1. The number of amidine groups is 1. The van der Waals surface area contributed by atoms with E-state index in [1.165, 1.54) is 19.3 Å². The molecule has 0 amide bonds. The van der Waals surface area contributed by atoms with Gasteiger partial charge in [-0.2, -0.15) is 0 Å². The Morgan fingerprint density at radius 2 is 2.08 bits per heavy atom. The molecule has 1 aliphatic rings. The highest BCUT2D eigenvalue weighted by molar-refractivity contribution is 5.80. The summed E-state index contributed by atoms with van der Waals surface area (Å²) in [7, 11) is 0. The average Bonchev–Trinajstić information content (AvgIpc) is 2.09. The van der Waals surface area contributed by atoms with Crippen LogP contribution in [0, 0.1) is 11.8 Å².